The lowest BCUT2D eigenvalue weighted by molar-refractivity contribution is 0.639. The number of hydrogen-bond acceptors (Lipinski definition) is 1. The number of nitrogens with zero attached hydrogens (tertiary/aromatic N) is 1. The molecule has 0 spiro atoms. The summed E-state index contributed by atoms with van der Waals surface area (Å²) in [5.74, 6) is 0. The van der Waals surface area contributed by atoms with Crippen molar-refractivity contribution in [2.75, 3.05) is 4.57 Å². The van der Waals surface area contributed by atoms with Crippen LogP contribution in [0.1, 0.15) is 18.9 Å². The van der Waals surface area contributed by atoms with Gasteiger partial charge in [-0.3, -0.25) is 0 Å². The van der Waals surface area contributed by atoms with Crippen LogP contribution in [0.5, 0.6) is 0 Å². The van der Waals surface area contributed by atoms with E-state index >= 15 is 0 Å². The van der Waals surface area contributed by atoms with Gasteiger partial charge in [0.25, 0.3) is 0 Å². The second-order valence-corrected chi connectivity index (χ2v) is 4.59. The smallest absolute Gasteiger partial charge is 0.108 e. The van der Waals surface area contributed by atoms with Crippen LogP contribution in [0.25, 0.3) is 0 Å². The van der Waals surface area contributed by atoms with Gasteiger partial charge in [0.2, 0.25) is 0 Å². The topological polar surface area (TPSA) is 3.24 Å². The van der Waals surface area contributed by atoms with Crippen molar-refractivity contribution in [3.8, 4) is 0 Å². The summed E-state index contributed by atoms with van der Waals surface area (Å²) < 4.78 is 2.51. The summed E-state index contributed by atoms with van der Waals surface area (Å²) >= 11 is 0. The molecule has 1 unspecified atom stereocenters. The number of rotatable bonds is 0. The molecule has 12 heavy (non-hydrogen) atoms. The fraction of sp³-hybridized carbons (Fsp3) is 0.400. The van der Waals surface area contributed by atoms with Crippen molar-refractivity contribution in [2.45, 2.75) is 25.8 Å². The van der Waals surface area contributed by atoms with Gasteiger partial charge in [-0.05, 0) is 31.4 Å². The lowest BCUT2D eigenvalue weighted by atomic mass is 9.99. The average molecular weight is 177 g/mol. The molecule has 64 valence electrons. The monoisotopic (exact) mass is 177 g/mol. The maximum Gasteiger partial charge on any atom is 0.108 e. The van der Waals surface area contributed by atoms with E-state index in [0.29, 0.717) is 0 Å². The fourth-order valence-electron chi connectivity index (χ4n) is 1.86. The highest BCUT2D eigenvalue weighted by atomic mass is 28.2. The fourth-order valence-corrected chi connectivity index (χ4v) is 2.56. The van der Waals surface area contributed by atoms with E-state index in [4.69, 9.17) is 0 Å². The summed E-state index contributed by atoms with van der Waals surface area (Å²) in [5.41, 5.74) is 3.01. The van der Waals surface area contributed by atoms with Gasteiger partial charge in [0, 0.05) is 11.7 Å². The van der Waals surface area contributed by atoms with Gasteiger partial charge < -0.3 is 4.57 Å². The summed E-state index contributed by atoms with van der Waals surface area (Å²) in [6, 6.07) is 9.54. The van der Waals surface area contributed by atoms with E-state index in [9.17, 15) is 0 Å². The molecule has 1 aliphatic heterocycles. The first kappa shape index (κ1) is 7.86. The zero-order chi connectivity index (χ0) is 8.55. The minimum absolute atomic E-state index is 0.756. The maximum atomic E-state index is 2.51. The quantitative estimate of drug-likeness (QED) is 0.537. The van der Waals surface area contributed by atoms with Crippen LogP contribution in [-0.4, -0.2) is 16.4 Å². The Morgan fingerprint density at radius 1 is 1.42 bits per heavy atom. The Kier molecular flexibility index (Phi) is 1.93. The van der Waals surface area contributed by atoms with Gasteiger partial charge in [-0.1, -0.05) is 18.2 Å². The minimum Gasteiger partial charge on any atom is -0.404 e. The normalized spacial score (nSPS) is 22.4. The number of benzene rings is 1. The van der Waals surface area contributed by atoms with Gasteiger partial charge in [-0.25, -0.2) is 0 Å². The van der Waals surface area contributed by atoms with E-state index in [2.05, 4.69) is 35.8 Å². The highest BCUT2D eigenvalue weighted by Gasteiger charge is 2.17. The van der Waals surface area contributed by atoms with Gasteiger partial charge in [0.15, 0.2) is 0 Å². The van der Waals surface area contributed by atoms with Crippen LogP contribution >= 0.6 is 0 Å². The Labute approximate surface area is 76.9 Å². The molecule has 0 N–H and O–H groups in total. The summed E-state index contributed by atoms with van der Waals surface area (Å²) in [4.78, 5) is 0. The molecular weight excluding hydrogens is 162 g/mol. The molecule has 2 rings (SSSR count). The number of para-hydroxylation sites is 1. The van der Waals surface area contributed by atoms with Crippen LogP contribution in [-0.2, 0) is 6.42 Å². The number of aryl methyl sites for hydroxylation is 1. The Morgan fingerprint density at radius 2 is 2.17 bits per heavy atom. The third-order valence-corrected chi connectivity index (χ3v) is 4.23. The largest absolute Gasteiger partial charge is 0.404 e. The standard InChI is InChI=1S/C10H15NSi/c1-8-6-7-9-4-2-3-5-10(9)11(8)12/h2-5,8H,6-7H2,1,12H3. The molecule has 0 saturated carbocycles. The minimum atomic E-state index is 0.756. The first-order valence-electron chi connectivity index (χ1n) is 4.60. The van der Waals surface area contributed by atoms with Gasteiger partial charge in [-0.15, -0.1) is 0 Å². The maximum absolute atomic E-state index is 2.51. The van der Waals surface area contributed by atoms with Crippen molar-refractivity contribution in [3.63, 3.8) is 0 Å². The van der Waals surface area contributed by atoms with Gasteiger partial charge in [-0.2, -0.15) is 0 Å². The molecule has 0 aliphatic carbocycles. The van der Waals surface area contributed by atoms with Gasteiger partial charge >= 0.3 is 0 Å². The lowest BCUT2D eigenvalue weighted by Crippen LogP contribution is -2.34. The summed E-state index contributed by atoms with van der Waals surface area (Å²) in [7, 11) is 1.14. The molecule has 0 fully saturated rings. The third kappa shape index (κ3) is 1.16. The molecule has 0 aromatic heterocycles. The van der Waals surface area contributed by atoms with E-state index in [1.165, 1.54) is 24.1 Å². The molecular formula is C10H15NSi. The highest BCUT2D eigenvalue weighted by Crippen LogP contribution is 2.28. The van der Waals surface area contributed by atoms with Crippen molar-refractivity contribution in [1.29, 1.82) is 0 Å². The predicted octanol–water partition coefficient (Wildman–Crippen LogP) is 1.11. The lowest BCUT2D eigenvalue weighted by Gasteiger charge is -2.34. The van der Waals surface area contributed by atoms with Crippen molar-refractivity contribution >= 4 is 16.1 Å². The SMILES string of the molecule is CC1CCc2ccccc2N1[SiH3]. The Morgan fingerprint density at radius 3 is 3.00 bits per heavy atom. The molecule has 0 bridgehead atoms. The van der Waals surface area contributed by atoms with Crippen LogP contribution in [0.15, 0.2) is 24.3 Å². The van der Waals surface area contributed by atoms with E-state index in [1.807, 2.05) is 0 Å². The first-order valence-corrected chi connectivity index (χ1v) is 5.49. The second-order valence-electron chi connectivity index (χ2n) is 3.63. The molecule has 1 heterocycles. The number of fused-ring (bicyclic) bond motifs is 1. The van der Waals surface area contributed by atoms with E-state index in [1.54, 1.807) is 0 Å². The molecule has 1 aliphatic rings. The molecule has 0 amide bonds. The number of anilines is 1. The van der Waals surface area contributed by atoms with E-state index < -0.39 is 0 Å². The average Bonchev–Trinajstić information content (AvgIpc) is 2.12. The molecule has 1 atom stereocenters. The van der Waals surface area contributed by atoms with Crippen molar-refractivity contribution < 1.29 is 0 Å². The number of hydrogen-bond donors (Lipinski definition) is 0. The zero-order valence-corrected chi connectivity index (χ0v) is 9.75. The van der Waals surface area contributed by atoms with Crippen LogP contribution in [0.3, 0.4) is 0 Å². The van der Waals surface area contributed by atoms with Crippen LogP contribution < -0.4 is 4.57 Å². The Bertz CT molecular complexity index is 285. The molecule has 0 radical (unpaired) electrons. The molecule has 0 saturated heterocycles. The third-order valence-electron chi connectivity index (χ3n) is 2.86. The molecule has 1 aromatic carbocycles. The zero-order valence-electron chi connectivity index (χ0n) is 7.75. The predicted molar refractivity (Wildman–Crippen MR) is 56.6 cm³/mol. The van der Waals surface area contributed by atoms with Crippen molar-refractivity contribution in [2.24, 2.45) is 0 Å². The molecule has 1 aromatic rings. The summed E-state index contributed by atoms with van der Waals surface area (Å²) in [6.45, 7) is 2.32. The van der Waals surface area contributed by atoms with Crippen molar-refractivity contribution in [3.05, 3.63) is 29.8 Å². The Hall–Kier alpha value is -0.763. The highest BCUT2D eigenvalue weighted by molar-refractivity contribution is 6.18. The van der Waals surface area contributed by atoms with E-state index in [-0.39, 0.29) is 0 Å². The van der Waals surface area contributed by atoms with Crippen LogP contribution in [0.4, 0.5) is 5.69 Å². The molecule has 1 nitrogen and oxygen atoms in total. The van der Waals surface area contributed by atoms with Gasteiger partial charge in [0.1, 0.15) is 10.4 Å². The second kappa shape index (κ2) is 2.94. The molecule has 2 heteroatoms. The van der Waals surface area contributed by atoms with Crippen molar-refractivity contribution in [1.82, 2.24) is 0 Å². The van der Waals surface area contributed by atoms with Crippen LogP contribution in [0, 0.1) is 0 Å². The summed E-state index contributed by atoms with van der Waals surface area (Å²) in [5, 5.41) is 0. The van der Waals surface area contributed by atoms with Gasteiger partial charge in [0.05, 0.1) is 0 Å². The summed E-state index contributed by atoms with van der Waals surface area (Å²) in [6.07, 6.45) is 2.58. The first-order chi connectivity index (χ1) is 5.79. The van der Waals surface area contributed by atoms with Crippen LogP contribution in [0.2, 0.25) is 0 Å². The van der Waals surface area contributed by atoms with E-state index in [0.717, 1.165) is 16.4 Å². The Balaban J connectivity index is 2.42.